The molecule has 72 valence electrons. The minimum Gasteiger partial charge on any atom is -0.497 e. The van der Waals surface area contributed by atoms with E-state index in [2.05, 4.69) is 12.6 Å². The molecule has 1 unspecified atom stereocenters. The molecule has 0 saturated heterocycles. The van der Waals surface area contributed by atoms with Crippen molar-refractivity contribution in [2.24, 2.45) is 0 Å². The Balaban J connectivity index is 2.75. The number of benzene rings is 1. The highest BCUT2D eigenvalue weighted by Gasteiger charge is 2.06. The van der Waals surface area contributed by atoms with E-state index >= 15 is 0 Å². The molecule has 0 amide bonds. The van der Waals surface area contributed by atoms with Crippen molar-refractivity contribution < 1.29 is 9.84 Å². The van der Waals surface area contributed by atoms with Crippen molar-refractivity contribution in [1.82, 2.24) is 0 Å². The molecule has 0 aliphatic heterocycles. The molecule has 2 nitrogen and oxygen atoms in total. The minimum absolute atomic E-state index is 0.437. The van der Waals surface area contributed by atoms with Gasteiger partial charge in [-0.05, 0) is 29.9 Å². The van der Waals surface area contributed by atoms with Gasteiger partial charge >= 0.3 is 0 Å². The Morgan fingerprint density at radius 3 is 2.92 bits per heavy atom. The van der Waals surface area contributed by atoms with Gasteiger partial charge in [0.05, 0.1) is 13.2 Å². The van der Waals surface area contributed by atoms with Gasteiger partial charge in [0.1, 0.15) is 5.75 Å². The monoisotopic (exact) mass is 198 g/mol. The standard InChI is InChI=1S/C10H14O2S/c1-12-9-4-2-3-8(7-9)10(11)5-6-13/h2-4,7,10-11,13H,5-6H2,1H3. The SMILES string of the molecule is COc1cccc(C(O)CCS)c1. The van der Waals surface area contributed by atoms with Gasteiger partial charge in [-0.15, -0.1) is 0 Å². The molecule has 13 heavy (non-hydrogen) atoms. The fourth-order valence-corrected chi connectivity index (χ4v) is 1.38. The first-order chi connectivity index (χ1) is 6.27. The van der Waals surface area contributed by atoms with Crippen molar-refractivity contribution in [1.29, 1.82) is 0 Å². The smallest absolute Gasteiger partial charge is 0.119 e. The van der Waals surface area contributed by atoms with Gasteiger partial charge in [0, 0.05) is 0 Å². The average molecular weight is 198 g/mol. The number of aliphatic hydroxyl groups excluding tert-OH is 1. The van der Waals surface area contributed by atoms with Crippen LogP contribution in [0, 0.1) is 0 Å². The molecule has 1 rings (SSSR count). The van der Waals surface area contributed by atoms with E-state index in [9.17, 15) is 5.11 Å². The maximum absolute atomic E-state index is 9.64. The highest BCUT2D eigenvalue weighted by atomic mass is 32.1. The molecule has 0 saturated carbocycles. The van der Waals surface area contributed by atoms with Gasteiger partial charge in [0.25, 0.3) is 0 Å². The second-order valence-electron chi connectivity index (χ2n) is 2.80. The summed E-state index contributed by atoms with van der Waals surface area (Å²) in [6, 6.07) is 7.46. The van der Waals surface area contributed by atoms with Crippen LogP contribution in [-0.4, -0.2) is 18.0 Å². The van der Waals surface area contributed by atoms with Crippen LogP contribution in [0.1, 0.15) is 18.1 Å². The Morgan fingerprint density at radius 1 is 1.54 bits per heavy atom. The second-order valence-corrected chi connectivity index (χ2v) is 3.25. The van der Waals surface area contributed by atoms with Gasteiger partial charge in [-0.2, -0.15) is 12.6 Å². The van der Waals surface area contributed by atoms with Crippen molar-refractivity contribution in [3.05, 3.63) is 29.8 Å². The zero-order valence-electron chi connectivity index (χ0n) is 7.60. The van der Waals surface area contributed by atoms with Crippen molar-refractivity contribution >= 4 is 12.6 Å². The number of thiol groups is 1. The fourth-order valence-electron chi connectivity index (χ4n) is 1.14. The molecule has 0 heterocycles. The van der Waals surface area contributed by atoms with Crippen LogP contribution in [0.5, 0.6) is 5.75 Å². The third-order valence-electron chi connectivity index (χ3n) is 1.88. The first-order valence-electron chi connectivity index (χ1n) is 4.21. The average Bonchev–Trinajstić information content (AvgIpc) is 2.18. The van der Waals surface area contributed by atoms with E-state index < -0.39 is 6.10 Å². The Morgan fingerprint density at radius 2 is 2.31 bits per heavy atom. The molecule has 1 aromatic carbocycles. The Bertz CT molecular complexity index is 263. The summed E-state index contributed by atoms with van der Waals surface area (Å²) >= 11 is 4.07. The highest BCUT2D eigenvalue weighted by Crippen LogP contribution is 2.21. The van der Waals surface area contributed by atoms with Crippen molar-refractivity contribution in [3.8, 4) is 5.75 Å². The van der Waals surface area contributed by atoms with Crippen molar-refractivity contribution in [3.63, 3.8) is 0 Å². The maximum atomic E-state index is 9.64. The Labute approximate surface area is 84.0 Å². The predicted molar refractivity (Wildman–Crippen MR) is 56.4 cm³/mol. The molecule has 0 aromatic heterocycles. The quantitative estimate of drug-likeness (QED) is 0.725. The number of hydrogen-bond donors (Lipinski definition) is 2. The molecule has 0 aliphatic carbocycles. The van der Waals surface area contributed by atoms with Crippen LogP contribution in [0.4, 0.5) is 0 Å². The van der Waals surface area contributed by atoms with Gasteiger partial charge in [0.15, 0.2) is 0 Å². The second kappa shape index (κ2) is 5.14. The van der Waals surface area contributed by atoms with Gasteiger partial charge < -0.3 is 9.84 Å². The summed E-state index contributed by atoms with van der Waals surface area (Å²) in [5.74, 6) is 1.45. The summed E-state index contributed by atoms with van der Waals surface area (Å²) in [6.45, 7) is 0. The van der Waals surface area contributed by atoms with Crippen LogP contribution >= 0.6 is 12.6 Å². The highest BCUT2D eigenvalue weighted by molar-refractivity contribution is 7.80. The number of hydrogen-bond acceptors (Lipinski definition) is 3. The molecular formula is C10H14O2S. The van der Waals surface area contributed by atoms with E-state index in [0.717, 1.165) is 11.3 Å². The fraction of sp³-hybridized carbons (Fsp3) is 0.400. The van der Waals surface area contributed by atoms with Gasteiger partial charge in [-0.3, -0.25) is 0 Å². The van der Waals surface area contributed by atoms with E-state index in [1.54, 1.807) is 7.11 Å². The first kappa shape index (κ1) is 10.4. The van der Waals surface area contributed by atoms with E-state index in [1.807, 2.05) is 24.3 Å². The summed E-state index contributed by atoms with van der Waals surface area (Å²) < 4.78 is 5.05. The zero-order chi connectivity index (χ0) is 9.68. The summed E-state index contributed by atoms with van der Waals surface area (Å²) in [6.07, 6.45) is 0.226. The Hall–Kier alpha value is -0.670. The molecule has 1 atom stereocenters. The van der Waals surface area contributed by atoms with E-state index in [4.69, 9.17) is 4.74 Å². The molecule has 0 spiro atoms. The molecule has 0 radical (unpaired) electrons. The molecule has 1 N–H and O–H groups in total. The Kier molecular flexibility index (Phi) is 4.12. The lowest BCUT2D eigenvalue weighted by atomic mass is 10.1. The van der Waals surface area contributed by atoms with Gasteiger partial charge in [-0.25, -0.2) is 0 Å². The summed E-state index contributed by atoms with van der Waals surface area (Å²) in [5.41, 5.74) is 0.883. The van der Waals surface area contributed by atoms with E-state index in [0.29, 0.717) is 12.2 Å². The number of rotatable bonds is 4. The summed E-state index contributed by atoms with van der Waals surface area (Å²) in [7, 11) is 1.62. The first-order valence-corrected chi connectivity index (χ1v) is 4.84. The normalized spacial score (nSPS) is 12.5. The molecule has 3 heteroatoms. The van der Waals surface area contributed by atoms with Crippen molar-refractivity contribution in [2.45, 2.75) is 12.5 Å². The van der Waals surface area contributed by atoms with Crippen molar-refractivity contribution in [2.75, 3.05) is 12.9 Å². The van der Waals surface area contributed by atoms with Gasteiger partial charge in [0.2, 0.25) is 0 Å². The van der Waals surface area contributed by atoms with Gasteiger partial charge in [-0.1, -0.05) is 12.1 Å². The summed E-state index contributed by atoms with van der Waals surface area (Å²) in [4.78, 5) is 0. The number of ether oxygens (including phenoxy) is 1. The third-order valence-corrected chi connectivity index (χ3v) is 2.14. The maximum Gasteiger partial charge on any atom is 0.119 e. The molecule has 0 bridgehead atoms. The van der Waals surface area contributed by atoms with Crippen LogP contribution in [0.3, 0.4) is 0 Å². The van der Waals surface area contributed by atoms with E-state index in [1.165, 1.54) is 0 Å². The van der Waals surface area contributed by atoms with E-state index in [-0.39, 0.29) is 0 Å². The topological polar surface area (TPSA) is 29.5 Å². The largest absolute Gasteiger partial charge is 0.497 e. The molecule has 1 aromatic rings. The minimum atomic E-state index is -0.437. The lowest BCUT2D eigenvalue weighted by molar-refractivity contribution is 0.175. The lowest BCUT2D eigenvalue weighted by Crippen LogP contribution is -1.98. The number of aliphatic hydroxyl groups is 1. The van der Waals surface area contributed by atoms with Crippen LogP contribution in [0.15, 0.2) is 24.3 Å². The lowest BCUT2D eigenvalue weighted by Gasteiger charge is -2.10. The van der Waals surface area contributed by atoms with Crippen LogP contribution in [-0.2, 0) is 0 Å². The van der Waals surface area contributed by atoms with Crippen LogP contribution < -0.4 is 4.74 Å². The summed E-state index contributed by atoms with van der Waals surface area (Å²) in [5, 5.41) is 9.64. The van der Waals surface area contributed by atoms with Crippen LogP contribution in [0.25, 0.3) is 0 Å². The number of methoxy groups -OCH3 is 1. The zero-order valence-corrected chi connectivity index (χ0v) is 8.50. The molecule has 0 fully saturated rings. The third kappa shape index (κ3) is 2.94. The predicted octanol–water partition coefficient (Wildman–Crippen LogP) is 2.05. The molecule has 0 aliphatic rings. The molecular weight excluding hydrogens is 184 g/mol. The van der Waals surface area contributed by atoms with Crippen LogP contribution in [0.2, 0.25) is 0 Å².